The molecule has 2 rings (SSSR count). The highest BCUT2D eigenvalue weighted by Gasteiger charge is 2.24. The molecule has 0 radical (unpaired) electrons. The van der Waals surface area contributed by atoms with E-state index in [4.69, 9.17) is 5.84 Å². The van der Waals surface area contributed by atoms with Gasteiger partial charge in [-0.3, -0.25) is 0 Å². The Bertz CT molecular complexity index is 775. The lowest BCUT2D eigenvalue weighted by Gasteiger charge is -2.25. The predicted octanol–water partition coefficient (Wildman–Crippen LogP) is 2.24. The number of carbonyl (C=O) groups is 1. The summed E-state index contributed by atoms with van der Waals surface area (Å²) in [6.45, 7) is 7.59. The van der Waals surface area contributed by atoms with Crippen molar-refractivity contribution < 1.29 is 4.79 Å². The largest absolute Gasteiger partial charge is 0.373 e. The van der Waals surface area contributed by atoms with Gasteiger partial charge < -0.3 is 11.2 Å². The number of nitrogens with one attached hydrogen (secondary N) is 1. The molecule has 0 spiro atoms. The molecule has 3 N–H and O–H groups in total. The van der Waals surface area contributed by atoms with E-state index in [1.807, 2.05) is 45.9 Å². The molecule has 1 heterocycles. The van der Waals surface area contributed by atoms with E-state index in [0.29, 0.717) is 5.82 Å². The number of aryl methyl sites for hydroxylation is 1. The lowest BCUT2D eigenvalue weighted by atomic mass is 9.95. The third kappa shape index (κ3) is 4.71. The molecule has 1 aromatic carbocycles. The number of nitrogens with zero attached hydrogens (tertiary/aromatic N) is 3. The van der Waals surface area contributed by atoms with E-state index in [-0.39, 0.29) is 5.92 Å². The van der Waals surface area contributed by atoms with Gasteiger partial charge in [0, 0.05) is 11.5 Å². The van der Waals surface area contributed by atoms with Crippen molar-refractivity contribution in [2.24, 2.45) is 0 Å². The van der Waals surface area contributed by atoms with Crippen LogP contribution in [0.3, 0.4) is 0 Å². The molecule has 7 heteroatoms. The van der Waals surface area contributed by atoms with Crippen LogP contribution in [0.4, 0.5) is 4.79 Å². The van der Waals surface area contributed by atoms with E-state index < -0.39 is 17.3 Å². The molecule has 25 heavy (non-hydrogen) atoms. The van der Waals surface area contributed by atoms with Crippen LogP contribution in [0.15, 0.2) is 35.1 Å². The van der Waals surface area contributed by atoms with E-state index in [1.165, 1.54) is 5.56 Å². The van der Waals surface area contributed by atoms with Crippen LogP contribution in [0.5, 0.6) is 0 Å². The maximum Gasteiger partial charge on any atom is 0.373 e. The van der Waals surface area contributed by atoms with Crippen LogP contribution in [-0.4, -0.2) is 26.0 Å². The van der Waals surface area contributed by atoms with E-state index in [0.717, 1.165) is 28.6 Å². The quantitative estimate of drug-likeness (QED) is 0.785. The summed E-state index contributed by atoms with van der Waals surface area (Å²) in [4.78, 5) is 24.5. The molecule has 2 aromatic rings. The molecule has 0 fully saturated rings. The van der Waals surface area contributed by atoms with Crippen molar-refractivity contribution in [3.8, 4) is 0 Å². The van der Waals surface area contributed by atoms with Gasteiger partial charge in [-0.2, -0.15) is 4.68 Å². The summed E-state index contributed by atoms with van der Waals surface area (Å²) in [7, 11) is 0. The van der Waals surface area contributed by atoms with Crippen LogP contribution in [-0.2, 0) is 6.42 Å². The SMILES string of the molecule is CC(C)c1nn(C(=O)NC(C)(C)CCCc2ccccc2)c(=O)n1N. The second kappa shape index (κ2) is 7.55. The molecule has 0 aliphatic carbocycles. The summed E-state index contributed by atoms with van der Waals surface area (Å²) in [6, 6.07) is 9.65. The molecule has 0 aliphatic heterocycles. The molecule has 0 saturated carbocycles. The smallest absolute Gasteiger partial charge is 0.333 e. The highest BCUT2D eigenvalue weighted by molar-refractivity contribution is 5.76. The third-order valence-corrected chi connectivity index (χ3v) is 4.10. The van der Waals surface area contributed by atoms with Crippen molar-refractivity contribution in [3.63, 3.8) is 0 Å². The fourth-order valence-electron chi connectivity index (χ4n) is 2.70. The number of nitrogens with two attached hydrogens (primary N) is 1. The van der Waals surface area contributed by atoms with Gasteiger partial charge in [0.1, 0.15) is 0 Å². The summed E-state index contributed by atoms with van der Waals surface area (Å²) in [5, 5.41) is 6.92. The van der Waals surface area contributed by atoms with Crippen molar-refractivity contribution >= 4 is 6.03 Å². The van der Waals surface area contributed by atoms with Crippen molar-refractivity contribution in [1.29, 1.82) is 0 Å². The molecule has 7 nitrogen and oxygen atoms in total. The minimum absolute atomic E-state index is 0.0503. The van der Waals surface area contributed by atoms with Crippen LogP contribution in [0, 0.1) is 0 Å². The van der Waals surface area contributed by atoms with Crippen LogP contribution in [0.25, 0.3) is 0 Å². The first-order valence-electron chi connectivity index (χ1n) is 8.55. The second-order valence-electron chi connectivity index (χ2n) is 7.23. The van der Waals surface area contributed by atoms with Gasteiger partial charge >= 0.3 is 11.7 Å². The Morgan fingerprint density at radius 1 is 1.28 bits per heavy atom. The van der Waals surface area contributed by atoms with Crippen LogP contribution in [0.2, 0.25) is 0 Å². The zero-order chi connectivity index (χ0) is 18.6. The molecule has 1 aromatic heterocycles. The van der Waals surface area contributed by atoms with Gasteiger partial charge in [0.2, 0.25) is 0 Å². The Kier molecular flexibility index (Phi) is 5.66. The summed E-state index contributed by atoms with van der Waals surface area (Å²) in [6.07, 6.45) is 2.65. The van der Waals surface area contributed by atoms with Gasteiger partial charge in [-0.15, -0.1) is 9.78 Å². The minimum atomic E-state index is -0.638. The Hall–Kier alpha value is -2.57. The van der Waals surface area contributed by atoms with Gasteiger partial charge in [-0.1, -0.05) is 44.2 Å². The minimum Gasteiger partial charge on any atom is -0.333 e. The van der Waals surface area contributed by atoms with Gasteiger partial charge in [-0.25, -0.2) is 9.59 Å². The molecule has 0 bridgehead atoms. The molecular weight excluding hydrogens is 318 g/mol. The topological polar surface area (TPSA) is 94.9 Å². The zero-order valence-electron chi connectivity index (χ0n) is 15.3. The van der Waals surface area contributed by atoms with Gasteiger partial charge in [0.25, 0.3) is 0 Å². The lowest BCUT2D eigenvalue weighted by Crippen LogP contribution is -2.48. The standard InChI is InChI=1S/C18H27N5O2/c1-13(2)15-21-23(17(25)22(15)19)16(24)20-18(3,4)12-8-11-14-9-6-5-7-10-14/h5-7,9-10,13H,8,11-12,19H2,1-4H3,(H,20,24). The van der Waals surface area contributed by atoms with Gasteiger partial charge in [0.05, 0.1) is 0 Å². The molecule has 0 aliphatic rings. The number of rotatable bonds is 6. The molecular formula is C18H27N5O2. The summed E-state index contributed by atoms with van der Waals surface area (Å²) < 4.78 is 1.72. The zero-order valence-corrected chi connectivity index (χ0v) is 15.3. The first-order valence-corrected chi connectivity index (χ1v) is 8.55. The van der Waals surface area contributed by atoms with Crippen LogP contribution in [0.1, 0.15) is 57.8 Å². The Morgan fingerprint density at radius 2 is 1.92 bits per heavy atom. The number of hydrogen-bond acceptors (Lipinski definition) is 4. The maximum atomic E-state index is 12.4. The fraction of sp³-hybridized carbons (Fsp3) is 0.500. The summed E-state index contributed by atoms with van der Waals surface area (Å²) in [5.41, 5.74) is 0.173. The second-order valence-corrected chi connectivity index (χ2v) is 7.23. The predicted molar refractivity (Wildman–Crippen MR) is 98.1 cm³/mol. The van der Waals surface area contributed by atoms with Crippen molar-refractivity contribution in [1.82, 2.24) is 19.8 Å². The highest BCUT2D eigenvalue weighted by Crippen LogP contribution is 2.15. The van der Waals surface area contributed by atoms with Gasteiger partial charge in [-0.05, 0) is 38.7 Å². The van der Waals surface area contributed by atoms with Crippen LogP contribution >= 0.6 is 0 Å². The number of hydrogen-bond donors (Lipinski definition) is 2. The molecule has 136 valence electrons. The maximum absolute atomic E-state index is 12.4. The monoisotopic (exact) mass is 345 g/mol. The summed E-state index contributed by atoms with van der Waals surface area (Å²) in [5.74, 6) is 6.02. The third-order valence-electron chi connectivity index (χ3n) is 4.10. The normalized spacial score (nSPS) is 11.7. The number of benzene rings is 1. The molecule has 1 amide bonds. The van der Waals surface area contributed by atoms with E-state index in [2.05, 4.69) is 22.5 Å². The average molecular weight is 345 g/mol. The molecule has 0 unspecified atom stereocenters. The van der Waals surface area contributed by atoms with E-state index in [1.54, 1.807) is 0 Å². The van der Waals surface area contributed by atoms with Crippen molar-refractivity contribution in [2.75, 3.05) is 5.84 Å². The number of carbonyl (C=O) groups excluding carboxylic acids is 1. The van der Waals surface area contributed by atoms with Crippen LogP contribution < -0.4 is 16.8 Å². The fourth-order valence-corrected chi connectivity index (χ4v) is 2.70. The Labute approximate surface area is 147 Å². The lowest BCUT2D eigenvalue weighted by molar-refractivity contribution is 0.225. The number of aromatic nitrogens is 3. The Morgan fingerprint density at radius 3 is 2.48 bits per heavy atom. The first kappa shape index (κ1) is 18.8. The molecule has 0 saturated heterocycles. The van der Waals surface area contributed by atoms with E-state index >= 15 is 0 Å². The van der Waals surface area contributed by atoms with E-state index in [9.17, 15) is 9.59 Å². The van der Waals surface area contributed by atoms with Crippen molar-refractivity contribution in [3.05, 3.63) is 52.2 Å². The number of nitrogen functional groups attached to an aromatic ring is 1. The average Bonchev–Trinajstić information content (AvgIpc) is 2.84. The first-order chi connectivity index (χ1) is 11.7. The highest BCUT2D eigenvalue weighted by atomic mass is 16.2. The number of amides is 1. The van der Waals surface area contributed by atoms with Crippen molar-refractivity contribution in [2.45, 2.75) is 58.4 Å². The molecule has 0 atom stereocenters. The summed E-state index contributed by atoms with van der Waals surface area (Å²) >= 11 is 0. The van der Waals surface area contributed by atoms with Gasteiger partial charge in [0.15, 0.2) is 5.82 Å². The Balaban J connectivity index is 1.99.